The fourth-order valence-corrected chi connectivity index (χ4v) is 0. The van der Waals surface area contributed by atoms with Gasteiger partial charge < -0.3 is 5.73 Å². The maximum Gasteiger partial charge on any atom is 0.0148 e. The largest absolute Gasteiger partial charge is 0.328 e. The summed E-state index contributed by atoms with van der Waals surface area (Å²) < 4.78 is 9.56. The Balaban J connectivity index is -0.0000000720. The highest BCUT2D eigenvalue weighted by Gasteiger charge is 1.67. The van der Waals surface area contributed by atoms with Gasteiger partial charge in [-0.3, -0.25) is 4.21 Å². The average molecular weight is 174 g/mol. The molecule has 0 rings (SSSR count). The molecular weight excluding hydrogens is 158 g/mol. The molecule has 2 N–H and O–H groups in total. The van der Waals surface area contributed by atoms with Crippen LogP contribution in [0.15, 0.2) is 0 Å². The van der Waals surface area contributed by atoms with E-state index in [1.165, 1.54) is 0 Å². The first kappa shape index (κ1) is 16.2. The number of hydrogen-bond acceptors (Lipinski definition) is 2. The molecule has 0 spiro atoms. The predicted molar refractivity (Wildman–Crippen MR) is 46.6 cm³/mol. The van der Waals surface area contributed by atoms with Crippen molar-refractivity contribution in [3.8, 4) is 0 Å². The van der Waals surface area contributed by atoms with Gasteiger partial charge in [-0.15, -0.1) is 12.4 Å². The first-order valence-corrected chi connectivity index (χ1v) is 4.44. The van der Waals surface area contributed by atoms with E-state index in [9.17, 15) is 4.21 Å². The van der Waals surface area contributed by atoms with Gasteiger partial charge in [-0.1, -0.05) is 13.8 Å². The normalized spacial score (nSPS) is 7.89. The standard InChI is InChI=1S/C3H9N.C2H6OS.ClH/c1-3(2)4;1-4(2)3;/h3H,4H2,1-2H3;1-2H3;1H. The Morgan fingerprint density at radius 2 is 1.33 bits per heavy atom. The van der Waals surface area contributed by atoms with Gasteiger partial charge >= 0.3 is 0 Å². The summed E-state index contributed by atoms with van der Waals surface area (Å²) in [5, 5.41) is 0. The monoisotopic (exact) mass is 173 g/mol. The summed E-state index contributed by atoms with van der Waals surface area (Å²) in [7, 11) is -0.611. The second-order valence-corrected chi connectivity index (χ2v) is 3.47. The van der Waals surface area contributed by atoms with Crippen LogP contribution in [-0.2, 0) is 10.8 Å². The van der Waals surface area contributed by atoms with E-state index >= 15 is 0 Å². The van der Waals surface area contributed by atoms with Gasteiger partial charge in [-0.25, -0.2) is 0 Å². The van der Waals surface area contributed by atoms with E-state index in [1.807, 2.05) is 13.8 Å². The van der Waals surface area contributed by atoms with E-state index in [-0.39, 0.29) is 12.4 Å². The second-order valence-electron chi connectivity index (χ2n) is 1.99. The summed E-state index contributed by atoms with van der Waals surface area (Å²) in [6, 6.07) is 0.333. The topological polar surface area (TPSA) is 43.1 Å². The zero-order chi connectivity index (χ0) is 7.15. The highest BCUT2D eigenvalue weighted by atomic mass is 35.5. The third-order valence-electron chi connectivity index (χ3n) is 0. The first-order valence-electron chi connectivity index (χ1n) is 2.47. The summed E-state index contributed by atoms with van der Waals surface area (Å²) in [5.74, 6) is 0. The Morgan fingerprint density at radius 3 is 1.33 bits per heavy atom. The molecule has 0 aliphatic carbocycles. The summed E-state index contributed by atoms with van der Waals surface area (Å²) in [5.41, 5.74) is 5.11. The Bertz CT molecular complexity index is 61.2. The molecule has 0 fully saturated rings. The van der Waals surface area contributed by atoms with Crippen LogP contribution in [0.1, 0.15) is 13.8 Å². The molecule has 0 aromatic rings. The molecule has 4 heteroatoms. The van der Waals surface area contributed by atoms with Crippen LogP contribution in [0.2, 0.25) is 0 Å². The third-order valence-corrected chi connectivity index (χ3v) is 0. The van der Waals surface area contributed by atoms with Crippen molar-refractivity contribution in [2.75, 3.05) is 12.5 Å². The molecule has 0 aliphatic rings. The molecule has 0 aliphatic heterocycles. The van der Waals surface area contributed by atoms with Crippen LogP contribution in [0.4, 0.5) is 0 Å². The van der Waals surface area contributed by atoms with Crippen molar-refractivity contribution in [3.05, 3.63) is 0 Å². The van der Waals surface area contributed by atoms with Crippen LogP contribution < -0.4 is 5.73 Å². The lowest BCUT2D eigenvalue weighted by atomic mass is 10.5. The Morgan fingerprint density at radius 1 is 1.33 bits per heavy atom. The molecule has 2 nitrogen and oxygen atoms in total. The zero-order valence-electron chi connectivity index (χ0n) is 6.38. The van der Waals surface area contributed by atoms with Crippen LogP contribution in [0.25, 0.3) is 0 Å². The van der Waals surface area contributed by atoms with Crippen molar-refractivity contribution in [2.45, 2.75) is 19.9 Å². The van der Waals surface area contributed by atoms with Crippen LogP contribution >= 0.6 is 12.4 Å². The first-order chi connectivity index (χ1) is 3.46. The molecule has 0 atom stereocenters. The van der Waals surface area contributed by atoms with Crippen LogP contribution in [0, 0.1) is 0 Å². The molecule has 0 radical (unpaired) electrons. The molecule has 0 saturated heterocycles. The van der Waals surface area contributed by atoms with Gasteiger partial charge in [0.15, 0.2) is 0 Å². The van der Waals surface area contributed by atoms with E-state index in [4.69, 9.17) is 5.73 Å². The molecule has 0 bridgehead atoms. The van der Waals surface area contributed by atoms with Gasteiger partial charge in [0.2, 0.25) is 0 Å². The van der Waals surface area contributed by atoms with Gasteiger partial charge in [0.05, 0.1) is 0 Å². The van der Waals surface area contributed by atoms with E-state index < -0.39 is 10.8 Å². The van der Waals surface area contributed by atoms with Crippen molar-refractivity contribution in [2.24, 2.45) is 5.73 Å². The average Bonchev–Trinajstić information content (AvgIpc) is 1.25. The molecule has 0 heterocycles. The zero-order valence-corrected chi connectivity index (χ0v) is 8.01. The second kappa shape index (κ2) is 11.2. The highest BCUT2D eigenvalue weighted by Crippen LogP contribution is 1.58. The van der Waals surface area contributed by atoms with Crippen molar-refractivity contribution in [1.82, 2.24) is 0 Å². The fraction of sp³-hybridized carbons (Fsp3) is 1.00. The van der Waals surface area contributed by atoms with Gasteiger partial charge in [-0.2, -0.15) is 0 Å². The maximum atomic E-state index is 9.56. The summed E-state index contributed by atoms with van der Waals surface area (Å²) in [6.45, 7) is 3.89. The van der Waals surface area contributed by atoms with Gasteiger partial charge in [0, 0.05) is 23.3 Å². The minimum Gasteiger partial charge on any atom is -0.328 e. The van der Waals surface area contributed by atoms with Gasteiger partial charge in [-0.05, 0) is 6.04 Å². The minimum atomic E-state index is -0.611. The molecule has 0 aromatic carbocycles. The van der Waals surface area contributed by atoms with Gasteiger partial charge in [0.1, 0.15) is 0 Å². The molecule has 0 saturated carbocycles. The summed E-state index contributed by atoms with van der Waals surface area (Å²) in [6.07, 6.45) is 3.28. The summed E-state index contributed by atoms with van der Waals surface area (Å²) in [4.78, 5) is 0. The third kappa shape index (κ3) is 2150. The highest BCUT2D eigenvalue weighted by molar-refractivity contribution is 7.83. The van der Waals surface area contributed by atoms with Crippen LogP contribution in [0.3, 0.4) is 0 Å². The molecule has 0 aromatic heterocycles. The number of halogens is 1. The Labute approximate surface area is 66.1 Å². The molecule has 0 unspecified atom stereocenters. The van der Waals surface area contributed by atoms with Crippen LogP contribution in [0.5, 0.6) is 0 Å². The van der Waals surface area contributed by atoms with Gasteiger partial charge in [0.25, 0.3) is 0 Å². The molecule has 9 heavy (non-hydrogen) atoms. The van der Waals surface area contributed by atoms with E-state index in [1.54, 1.807) is 12.5 Å². The van der Waals surface area contributed by atoms with Crippen molar-refractivity contribution < 1.29 is 4.21 Å². The predicted octanol–water partition coefficient (Wildman–Crippen LogP) is 0.770. The number of hydrogen-bond donors (Lipinski definition) is 1. The van der Waals surface area contributed by atoms with E-state index in [0.29, 0.717) is 6.04 Å². The van der Waals surface area contributed by atoms with E-state index in [0.717, 1.165) is 0 Å². The molecular formula is C5H16ClNOS. The van der Waals surface area contributed by atoms with E-state index in [2.05, 4.69) is 0 Å². The molecule has 0 amide bonds. The number of nitrogens with two attached hydrogens (primary N) is 1. The maximum absolute atomic E-state index is 9.56. The Hall–Kier alpha value is 0.400. The lowest BCUT2D eigenvalue weighted by Gasteiger charge is -1.81. The van der Waals surface area contributed by atoms with Crippen LogP contribution in [-0.4, -0.2) is 22.8 Å². The lowest BCUT2D eigenvalue weighted by Crippen LogP contribution is -2.06. The SMILES string of the molecule is CC(C)N.CS(C)=O.Cl. The summed E-state index contributed by atoms with van der Waals surface area (Å²) >= 11 is 0. The van der Waals surface area contributed by atoms with Crippen molar-refractivity contribution in [3.63, 3.8) is 0 Å². The smallest absolute Gasteiger partial charge is 0.0148 e. The Kier molecular flexibility index (Phi) is 20.2. The lowest BCUT2D eigenvalue weighted by molar-refractivity contribution is 0.690. The molecule has 60 valence electrons. The van der Waals surface area contributed by atoms with Crippen molar-refractivity contribution >= 4 is 23.2 Å². The minimum absolute atomic E-state index is 0. The number of rotatable bonds is 0. The fourth-order valence-electron chi connectivity index (χ4n) is 0. The quantitative estimate of drug-likeness (QED) is 0.588. The van der Waals surface area contributed by atoms with Crippen molar-refractivity contribution in [1.29, 1.82) is 0 Å².